The van der Waals surface area contributed by atoms with Crippen LogP contribution in [0.15, 0.2) is 48.5 Å². The molecule has 2 aromatic carbocycles. The summed E-state index contributed by atoms with van der Waals surface area (Å²) in [5.74, 6) is -2.00. The number of ether oxygens (including phenoxy) is 2. The number of benzene rings is 2. The van der Waals surface area contributed by atoms with E-state index >= 15 is 0 Å². The van der Waals surface area contributed by atoms with Gasteiger partial charge < -0.3 is 25.6 Å². The Hall–Kier alpha value is -4.30. The van der Waals surface area contributed by atoms with E-state index in [0.717, 1.165) is 28.5 Å². The maximum absolute atomic E-state index is 13.5. The Morgan fingerprint density at radius 3 is 2.00 bits per heavy atom. The number of hydrogen-bond donors (Lipinski definition) is 2. The highest BCUT2D eigenvalue weighted by atomic mass is 16.6. The molecule has 0 saturated carbocycles. The molecule has 0 saturated heterocycles. The Morgan fingerprint density at radius 1 is 0.905 bits per heavy atom. The van der Waals surface area contributed by atoms with Gasteiger partial charge in [-0.3, -0.25) is 9.59 Å². The lowest BCUT2D eigenvalue weighted by atomic mass is 9.87. The lowest BCUT2D eigenvalue weighted by Gasteiger charge is -2.29. The summed E-state index contributed by atoms with van der Waals surface area (Å²) in [5, 5.41) is 5.32. The maximum atomic E-state index is 13.5. The van der Waals surface area contributed by atoms with E-state index in [1.54, 1.807) is 20.8 Å². The largest absolute Gasteiger partial charge is 0.458 e. The SMILES string of the molecule is CC(C)(C)C[C@H](NC(=O)OCC1c2ccccc2-c2ccccc21)C(=O)N[C@@H](CCC(=O)C=[N+]=[N-])C(=O)OC(C)(C)C. The normalized spacial score (nSPS) is 14.0. The van der Waals surface area contributed by atoms with Crippen molar-refractivity contribution in [2.75, 3.05) is 6.61 Å². The smallest absolute Gasteiger partial charge is 0.407 e. The van der Waals surface area contributed by atoms with E-state index in [1.165, 1.54) is 0 Å². The number of nitrogens with one attached hydrogen (secondary N) is 2. The standard InChI is InChI=1S/C32H40N4O6/c1-31(2,3)17-27(28(38)35-26(16-15-20(37)18-34-33)29(39)42-32(4,5)6)36-30(40)41-19-25-23-13-9-7-11-21(23)22-12-8-10-14-24(22)25/h7-14,18,25-27H,15-17,19H2,1-6H3,(H,35,38)(H,36,40)/t26-,27-/m0/s1. The number of amides is 2. The minimum atomic E-state index is -1.17. The fourth-order valence-electron chi connectivity index (χ4n) is 4.91. The molecule has 1 aliphatic rings. The molecule has 0 bridgehead atoms. The van der Waals surface area contributed by atoms with Crippen LogP contribution in [-0.4, -0.2) is 59.0 Å². The third-order valence-electron chi connectivity index (χ3n) is 6.66. The van der Waals surface area contributed by atoms with Gasteiger partial charge >= 0.3 is 18.3 Å². The zero-order valence-corrected chi connectivity index (χ0v) is 25.1. The lowest BCUT2D eigenvalue weighted by Crippen LogP contribution is -2.53. The molecule has 0 fully saturated rings. The third kappa shape index (κ3) is 9.11. The molecule has 2 amide bonds. The number of alkyl carbamates (subject to hydrolysis) is 1. The van der Waals surface area contributed by atoms with Gasteiger partial charge in [0.2, 0.25) is 11.7 Å². The van der Waals surface area contributed by atoms with E-state index in [0.29, 0.717) is 0 Å². The minimum absolute atomic E-state index is 0.0821. The average Bonchev–Trinajstić information content (AvgIpc) is 3.21. The number of nitrogens with zero attached hydrogens (tertiary/aromatic N) is 2. The summed E-state index contributed by atoms with van der Waals surface area (Å²) in [7, 11) is 0. The highest BCUT2D eigenvalue weighted by Crippen LogP contribution is 2.44. The predicted octanol–water partition coefficient (Wildman–Crippen LogP) is 4.81. The van der Waals surface area contributed by atoms with E-state index in [2.05, 4.69) is 15.4 Å². The van der Waals surface area contributed by atoms with Crippen molar-refractivity contribution in [3.63, 3.8) is 0 Å². The Balaban J connectivity index is 1.73. The maximum Gasteiger partial charge on any atom is 0.407 e. The molecule has 2 N–H and O–H groups in total. The summed E-state index contributed by atoms with van der Waals surface area (Å²) >= 11 is 0. The van der Waals surface area contributed by atoms with Gasteiger partial charge in [0.25, 0.3) is 0 Å². The monoisotopic (exact) mass is 576 g/mol. The van der Waals surface area contributed by atoms with Crippen LogP contribution in [0.2, 0.25) is 0 Å². The van der Waals surface area contributed by atoms with Gasteiger partial charge in [-0.25, -0.2) is 9.59 Å². The molecule has 2 aromatic rings. The zero-order chi connectivity index (χ0) is 31.1. The first-order valence-electron chi connectivity index (χ1n) is 14.0. The Kier molecular flexibility index (Phi) is 10.4. The molecule has 42 heavy (non-hydrogen) atoms. The molecule has 0 aromatic heterocycles. The number of carbonyl (C=O) groups excluding carboxylic acids is 4. The molecule has 0 spiro atoms. The molecule has 0 aliphatic heterocycles. The zero-order valence-electron chi connectivity index (χ0n) is 25.1. The average molecular weight is 577 g/mol. The second-order valence-electron chi connectivity index (χ2n) is 12.6. The van der Waals surface area contributed by atoms with E-state index in [4.69, 9.17) is 15.0 Å². The van der Waals surface area contributed by atoms with E-state index < -0.39 is 41.4 Å². The fourth-order valence-corrected chi connectivity index (χ4v) is 4.91. The quantitative estimate of drug-likeness (QED) is 0.170. The van der Waals surface area contributed by atoms with Gasteiger partial charge in [-0.1, -0.05) is 69.3 Å². The summed E-state index contributed by atoms with van der Waals surface area (Å²) in [4.78, 5) is 54.0. The highest BCUT2D eigenvalue weighted by Gasteiger charge is 2.34. The van der Waals surface area contributed by atoms with Crippen LogP contribution in [0.1, 0.15) is 77.8 Å². The van der Waals surface area contributed by atoms with E-state index in [9.17, 15) is 19.2 Å². The summed E-state index contributed by atoms with van der Waals surface area (Å²) in [6.07, 6.45) is -0.0317. The molecule has 10 heteroatoms. The van der Waals surface area contributed by atoms with Crippen LogP contribution in [-0.2, 0) is 23.9 Å². The first kappa shape index (κ1) is 32.2. The molecule has 10 nitrogen and oxygen atoms in total. The van der Waals surface area contributed by atoms with Crippen LogP contribution in [0, 0.1) is 5.41 Å². The second kappa shape index (κ2) is 13.6. The van der Waals surface area contributed by atoms with Crippen LogP contribution in [0.4, 0.5) is 4.79 Å². The van der Waals surface area contributed by atoms with Crippen LogP contribution < -0.4 is 10.6 Å². The van der Waals surface area contributed by atoms with Gasteiger partial charge in [0.05, 0.1) is 0 Å². The predicted molar refractivity (Wildman–Crippen MR) is 158 cm³/mol. The topological polar surface area (TPSA) is 147 Å². The lowest BCUT2D eigenvalue weighted by molar-refractivity contribution is -0.159. The van der Waals surface area contributed by atoms with Gasteiger partial charge in [0.15, 0.2) is 0 Å². The number of fused-ring (bicyclic) bond motifs is 3. The molecule has 224 valence electrons. The van der Waals surface area contributed by atoms with Crippen LogP contribution in [0.25, 0.3) is 16.7 Å². The van der Waals surface area contributed by atoms with Crippen molar-refractivity contribution in [1.29, 1.82) is 0 Å². The van der Waals surface area contributed by atoms with Crippen molar-refractivity contribution >= 4 is 30.0 Å². The fraction of sp³-hybridized carbons (Fsp3) is 0.469. The second-order valence-corrected chi connectivity index (χ2v) is 12.6. The number of hydrogen-bond acceptors (Lipinski definition) is 6. The number of Topliss-reactive ketones (excluding diaryl/α,β-unsaturated/α-hetero) is 1. The van der Waals surface area contributed by atoms with Gasteiger partial charge in [-0.05, 0) is 61.3 Å². The van der Waals surface area contributed by atoms with E-state index in [-0.39, 0.29) is 37.2 Å². The van der Waals surface area contributed by atoms with Crippen molar-refractivity contribution in [2.45, 2.75) is 84.4 Å². The molecule has 0 unspecified atom stereocenters. The Labute approximate surface area is 246 Å². The summed E-state index contributed by atoms with van der Waals surface area (Å²) < 4.78 is 11.1. The number of esters is 1. The highest BCUT2D eigenvalue weighted by molar-refractivity contribution is 6.25. The van der Waals surface area contributed by atoms with Gasteiger partial charge in [0.1, 0.15) is 24.3 Å². The Morgan fingerprint density at radius 2 is 1.48 bits per heavy atom. The molecule has 0 heterocycles. The number of rotatable bonds is 11. The van der Waals surface area contributed by atoms with Crippen LogP contribution >= 0.6 is 0 Å². The van der Waals surface area contributed by atoms with Gasteiger partial charge in [0, 0.05) is 12.3 Å². The molecule has 1 aliphatic carbocycles. The number of carbonyl (C=O) groups is 4. The van der Waals surface area contributed by atoms with Crippen molar-refractivity contribution in [1.82, 2.24) is 10.6 Å². The summed E-state index contributed by atoms with van der Waals surface area (Å²) in [5.41, 5.74) is 11.8. The summed E-state index contributed by atoms with van der Waals surface area (Å²) in [6.45, 7) is 10.9. The van der Waals surface area contributed by atoms with Gasteiger partial charge in [-0.15, -0.1) is 0 Å². The molecular weight excluding hydrogens is 536 g/mol. The molecule has 2 atom stereocenters. The van der Waals surface area contributed by atoms with Crippen molar-refractivity contribution in [3.8, 4) is 11.1 Å². The van der Waals surface area contributed by atoms with Crippen molar-refractivity contribution in [3.05, 3.63) is 65.2 Å². The minimum Gasteiger partial charge on any atom is -0.458 e. The van der Waals surface area contributed by atoms with Crippen LogP contribution in [0.3, 0.4) is 0 Å². The first-order valence-corrected chi connectivity index (χ1v) is 14.0. The van der Waals surface area contributed by atoms with Crippen LogP contribution in [0.5, 0.6) is 0 Å². The van der Waals surface area contributed by atoms with Crippen molar-refractivity contribution < 1.29 is 33.4 Å². The third-order valence-corrected chi connectivity index (χ3v) is 6.66. The van der Waals surface area contributed by atoms with Gasteiger partial charge in [-0.2, -0.15) is 4.79 Å². The van der Waals surface area contributed by atoms with E-state index in [1.807, 2.05) is 69.3 Å². The number of ketones is 1. The Bertz CT molecular complexity index is 1320. The summed E-state index contributed by atoms with van der Waals surface area (Å²) in [6, 6.07) is 13.8. The molecule has 0 radical (unpaired) electrons. The first-order chi connectivity index (χ1) is 19.7. The molecule has 3 rings (SSSR count). The van der Waals surface area contributed by atoms with Crippen molar-refractivity contribution in [2.24, 2.45) is 5.41 Å². The molecular formula is C32H40N4O6.